The number of alkyl halides is 12. The van der Waals surface area contributed by atoms with Crippen molar-refractivity contribution < 1.29 is 72.5 Å². The lowest BCUT2D eigenvalue weighted by Gasteiger charge is -2.58. The summed E-state index contributed by atoms with van der Waals surface area (Å²) >= 11 is 0. The van der Waals surface area contributed by atoms with E-state index in [9.17, 15) is 72.5 Å². The Morgan fingerprint density at radius 3 is 1.63 bits per heavy atom. The van der Waals surface area contributed by atoms with E-state index < -0.39 is 101 Å². The van der Waals surface area contributed by atoms with E-state index in [1.54, 1.807) is 0 Å². The Labute approximate surface area is 225 Å². The van der Waals surface area contributed by atoms with Crippen molar-refractivity contribution in [2.45, 2.75) is 88.3 Å². The van der Waals surface area contributed by atoms with Gasteiger partial charge >= 0.3 is 24.7 Å². The van der Waals surface area contributed by atoms with Gasteiger partial charge in [0.2, 0.25) is 0 Å². The van der Waals surface area contributed by atoms with Crippen molar-refractivity contribution in [1.29, 1.82) is 0 Å². The lowest BCUT2D eigenvalue weighted by Crippen LogP contribution is -2.65. The second kappa shape index (κ2) is 8.85. The average Bonchev–Trinajstić information content (AvgIpc) is 3.06. The van der Waals surface area contributed by atoms with E-state index in [2.05, 4.69) is 0 Å². The van der Waals surface area contributed by atoms with Crippen molar-refractivity contribution in [2.75, 3.05) is 0 Å². The molecule has 0 heterocycles. The highest BCUT2D eigenvalue weighted by atomic mass is 19.4. The van der Waals surface area contributed by atoms with Crippen molar-refractivity contribution >= 4 is 11.6 Å². The molecule has 3 fully saturated rings. The molecule has 4 aliphatic rings. The summed E-state index contributed by atoms with van der Waals surface area (Å²) < 4.78 is 164. The van der Waals surface area contributed by atoms with Crippen molar-refractivity contribution in [3.63, 3.8) is 0 Å². The molecule has 0 radical (unpaired) electrons. The Bertz CT molecular complexity index is 1120. The van der Waals surface area contributed by atoms with Crippen LogP contribution in [0.25, 0.3) is 0 Å². The van der Waals surface area contributed by atoms with Crippen molar-refractivity contribution in [2.24, 2.45) is 40.4 Å². The zero-order chi connectivity index (χ0) is 31.6. The Balaban J connectivity index is 1.76. The van der Waals surface area contributed by atoms with Crippen LogP contribution in [0.5, 0.6) is 0 Å². The van der Waals surface area contributed by atoms with Crippen LogP contribution in [0.2, 0.25) is 0 Å². The molecule has 0 aromatic carbocycles. The molecule has 0 bridgehead atoms. The summed E-state index contributed by atoms with van der Waals surface area (Å²) in [5, 5.41) is 20.0. The second-order valence-electron chi connectivity index (χ2n) is 12.3. The van der Waals surface area contributed by atoms with Crippen LogP contribution in [0, 0.1) is 40.4 Å². The van der Waals surface area contributed by atoms with Gasteiger partial charge in [-0.05, 0) is 67.8 Å². The number of hydrogen-bond donors (Lipinski definition) is 2. The van der Waals surface area contributed by atoms with E-state index in [0.29, 0.717) is 6.08 Å². The van der Waals surface area contributed by atoms with E-state index in [1.165, 1.54) is 6.92 Å². The molecular weight excluding hydrogens is 592 g/mol. The van der Waals surface area contributed by atoms with Crippen LogP contribution in [-0.4, -0.2) is 57.7 Å². The largest absolute Gasteiger partial charge is 0.427 e. The number of carbonyl (C=O) groups is 2. The lowest BCUT2D eigenvalue weighted by atomic mass is 9.46. The Morgan fingerprint density at radius 1 is 0.707 bits per heavy atom. The maximum Gasteiger partial charge on any atom is 0.427 e. The molecule has 0 aliphatic heterocycles. The van der Waals surface area contributed by atoms with Crippen LogP contribution in [0.15, 0.2) is 11.6 Å². The lowest BCUT2D eigenvalue weighted by molar-refractivity contribution is -0.382. The molecule has 2 N–H and O–H groups in total. The molecule has 16 heteroatoms. The third-order valence-electron chi connectivity index (χ3n) is 10.5. The minimum atomic E-state index is -6.31. The summed E-state index contributed by atoms with van der Waals surface area (Å²) in [6.07, 6.45) is -27.4. The quantitative estimate of drug-likeness (QED) is 0.359. The van der Waals surface area contributed by atoms with Gasteiger partial charge in [-0.25, -0.2) is 0 Å². The van der Waals surface area contributed by atoms with E-state index >= 15 is 0 Å². The second-order valence-corrected chi connectivity index (χ2v) is 12.3. The van der Waals surface area contributed by atoms with Crippen LogP contribution in [0.3, 0.4) is 0 Å². The number of fused-ring (bicyclic) bond motifs is 5. The molecule has 234 valence electrons. The fourth-order valence-corrected chi connectivity index (χ4v) is 8.29. The number of Topliss-reactive ketones (excluding diaryl/α,β-unsaturated/α-hetero) is 1. The topological polar surface area (TPSA) is 74.6 Å². The number of hydrogen-bond acceptors (Lipinski definition) is 4. The average molecular weight is 618 g/mol. The van der Waals surface area contributed by atoms with Crippen molar-refractivity contribution in [1.82, 2.24) is 0 Å². The number of rotatable bonds is 2. The van der Waals surface area contributed by atoms with Crippen LogP contribution in [-0.2, 0) is 9.59 Å². The molecule has 7 atom stereocenters. The molecular formula is C25H26F12O4. The molecule has 4 nitrogen and oxygen atoms in total. The van der Waals surface area contributed by atoms with E-state index in [-0.39, 0.29) is 31.3 Å². The number of ketones is 2. The van der Waals surface area contributed by atoms with Gasteiger partial charge in [-0.15, -0.1) is 0 Å². The van der Waals surface area contributed by atoms with Gasteiger partial charge in [-0.2, -0.15) is 52.7 Å². The number of allylic oxidation sites excluding steroid dienone is 1. The monoisotopic (exact) mass is 618 g/mol. The van der Waals surface area contributed by atoms with E-state index in [0.717, 1.165) is 6.92 Å². The summed E-state index contributed by atoms with van der Waals surface area (Å²) in [6, 6.07) is 0. The molecule has 41 heavy (non-hydrogen) atoms. The van der Waals surface area contributed by atoms with Crippen LogP contribution >= 0.6 is 0 Å². The van der Waals surface area contributed by atoms with Gasteiger partial charge in [0, 0.05) is 5.41 Å². The first kappa shape index (κ1) is 32.1. The molecule has 3 saturated carbocycles. The molecule has 0 aromatic rings. The molecule has 7 unspecified atom stereocenters. The fourth-order valence-electron chi connectivity index (χ4n) is 8.29. The molecule has 4 rings (SSSR count). The molecule has 0 aromatic heterocycles. The van der Waals surface area contributed by atoms with Crippen molar-refractivity contribution in [3.8, 4) is 0 Å². The Hall–Kier alpha value is -1.84. The van der Waals surface area contributed by atoms with Gasteiger partial charge in [0.05, 0.1) is 11.8 Å². The van der Waals surface area contributed by atoms with Gasteiger partial charge in [-0.1, -0.05) is 19.4 Å². The zero-order valence-electron chi connectivity index (χ0n) is 21.5. The fraction of sp³-hybridized carbons (Fsp3) is 0.840. The van der Waals surface area contributed by atoms with Gasteiger partial charge in [0.15, 0.2) is 5.78 Å². The minimum Gasteiger partial charge on any atom is -0.373 e. The maximum atomic E-state index is 13.7. The first-order chi connectivity index (χ1) is 18.2. The highest BCUT2D eigenvalue weighted by Crippen LogP contribution is 2.68. The first-order valence-corrected chi connectivity index (χ1v) is 12.7. The van der Waals surface area contributed by atoms with E-state index in [1.807, 2.05) is 0 Å². The van der Waals surface area contributed by atoms with Gasteiger partial charge in [0.1, 0.15) is 5.78 Å². The number of carbonyl (C=O) groups excluding carboxylic acids is 2. The van der Waals surface area contributed by atoms with Crippen LogP contribution in [0.4, 0.5) is 52.7 Å². The first-order valence-electron chi connectivity index (χ1n) is 12.7. The zero-order valence-corrected chi connectivity index (χ0v) is 21.5. The van der Waals surface area contributed by atoms with Crippen LogP contribution < -0.4 is 0 Å². The summed E-state index contributed by atoms with van der Waals surface area (Å²) in [4.78, 5) is 25.8. The molecule has 0 amide bonds. The van der Waals surface area contributed by atoms with E-state index in [4.69, 9.17) is 0 Å². The normalized spacial score (nSPS) is 37.4. The standard InChI is InChI=1S/C25H26F12O4/c1-18-6-5-12-11(13(18)8-14(17(18)39)20(40,22(26,27)28)23(29,30)31)4-3-10-7-16(38)15(9-19(10,12)2)21(41,24(32,33)34)25(35,36)37/h7,11-15,40-41H,3-6,8-9H2,1-2H3. The smallest absolute Gasteiger partial charge is 0.373 e. The third-order valence-corrected chi connectivity index (χ3v) is 10.5. The SMILES string of the molecule is CC12CCC3C(CCC4=CC(=O)C(C(O)(C(F)(F)F)C(F)(F)F)CC43C)C1CC(C(O)(C(F)(F)F)C(F)(F)F)C2=O. The highest BCUT2D eigenvalue weighted by molar-refractivity contribution is 5.95. The minimum absolute atomic E-state index is 0.0104. The van der Waals surface area contributed by atoms with Crippen LogP contribution in [0.1, 0.15) is 52.4 Å². The summed E-state index contributed by atoms with van der Waals surface area (Å²) in [6.45, 7) is 2.43. The molecule has 4 aliphatic carbocycles. The number of halogens is 12. The predicted molar refractivity (Wildman–Crippen MR) is 114 cm³/mol. The summed E-state index contributed by atoms with van der Waals surface area (Å²) in [5.74, 6) is -12.1. The number of aliphatic hydroxyl groups is 2. The predicted octanol–water partition coefficient (Wildman–Crippen LogP) is 6.25. The third kappa shape index (κ3) is 4.11. The van der Waals surface area contributed by atoms with Gasteiger partial charge in [0.25, 0.3) is 11.2 Å². The Kier molecular flexibility index (Phi) is 6.93. The highest BCUT2D eigenvalue weighted by Gasteiger charge is 2.80. The molecule has 0 saturated heterocycles. The maximum absolute atomic E-state index is 13.7. The van der Waals surface area contributed by atoms with Gasteiger partial charge < -0.3 is 10.2 Å². The Morgan fingerprint density at radius 2 is 1.17 bits per heavy atom. The molecule has 0 spiro atoms. The summed E-state index contributed by atoms with van der Waals surface area (Å²) in [5.41, 5.74) is -14.0. The summed E-state index contributed by atoms with van der Waals surface area (Å²) in [7, 11) is 0. The van der Waals surface area contributed by atoms with Gasteiger partial charge in [-0.3, -0.25) is 9.59 Å². The van der Waals surface area contributed by atoms with Crippen molar-refractivity contribution in [3.05, 3.63) is 11.6 Å².